The maximum Gasteiger partial charge on any atom is 0.326 e. The maximum atomic E-state index is 12.9. The minimum absolute atomic E-state index is 0.0794. The van der Waals surface area contributed by atoms with Crippen molar-refractivity contribution in [3.05, 3.63) is 52.8 Å². The van der Waals surface area contributed by atoms with E-state index in [2.05, 4.69) is 17.2 Å². The molecule has 0 aliphatic rings. The number of esters is 1. The summed E-state index contributed by atoms with van der Waals surface area (Å²) in [6, 6.07) is 12.2. The fraction of sp³-hybridized carbons (Fsp3) is 0.360. The van der Waals surface area contributed by atoms with Gasteiger partial charge in [0.15, 0.2) is 4.80 Å². The van der Waals surface area contributed by atoms with Gasteiger partial charge in [-0.1, -0.05) is 31.1 Å². The third-order valence-corrected chi connectivity index (χ3v) is 5.95. The molecule has 2 aromatic carbocycles. The maximum absolute atomic E-state index is 12.9. The molecule has 34 heavy (non-hydrogen) atoms. The normalized spacial score (nSPS) is 11.4. The van der Waals surface area contributed by atoms with Crippen molar-refractivity contribution < 1.29 is 23.9 Å². The van der Waals surface area contributed by atoms with Gasteiger partial charge < -0.3 is 19.4 Å². The average Bonchev–Trinajstić information content (AvgIpc) is 3.12. The summed E-state index contributed by atoms with van der Waals surface area (Å²) >= 11 is 1.26. The van der Waals surface area contributed by atoms with E-state index in [4.69, 9.17) is 9.47 Å². The van der Waals surface area contributed by atoms with Gasteiger partial charge in [0, 0.05) is 18.2 Å². The zero-order valence-electron chi connectivity index (χ0n) is 19.6. The zero-order valence-corrected chi connectivity index (χ0v) is 20.4. The van der Waals surface area contributed by atoms with Gasteiger partial charge in [-0.2, -0.15) is 4.99 Å². The number of hydrogen-bond donors (Lipinski definition) is 1. The number of aromatic nitrogens is 1. The number of nitrogens with zero attached hydrogens (tertiary/aromatic N) is 2. The van der Waals surface area contributed by atoms with Gasteiger partial charge in [-0.3, -0.25) is 14.4 Å². The van der Waals surface area contributed by atoms with E-state index < -0.39 is 11.9 Å². The topological polar surface area (TPSA) is 99.0 Å². The summed E-state index contributed by atoms with van der Waals surface area (Å²) in [5.74, 6) is -0.332. The Hall–Kier alpha value is -3.46. The van der Waals surface area contributed by atoms with Gasteiger partial charge in [-0.25, -0.2) is 0 Å². The highest BCUT2D eigenvalue weighted by Crippen LogP contribution is 2.22. The summed E-state index contributed by atoms with van der Waals surface area (Å²) in [6.45, 7) is 6.12. The molecule has 0 saturated carbocycles. The van der Waals surface area contributed by atoms with E-state index in [1.165, 1.54) is 18.3 Å². The van der Waals surface area contributed by atoms with E-state index in [1.807, 2.05) is 0 Å². The molecule has 180 valence electrons. The molecule has 0 aliphatic carbocycles. The van der Waals surface area contributed by atoms with E-state index in [1.54, 1.807) is 54.0 Å². The Kier molecular flexibility index (Phi) is 8.98. The first-order valence-electron chi connectivity index (χ1n) is 11.3. The van der Waals surface area contributed by atoms with Gasteiger partial charge in [0.05, 0.1) is 23.4 Å². The third-order valence-electron chi connectivity index (χ3n) is 4.91. The van der Waals surface area contributed by atoms with E-state index >= 15 is 0 Å². The first-order chi connectivity index (χ1) is 16.4. The number of ether oxygens (including phenoxy) is 2. The molecule has 1 N–H and O–H groups in total. The van der Waals surface area contributed by atoms with Crippen molar-refractivity contribution in [3.63, 3.8) is 0 Å². The Morgan fingerprint density at radius 3 is 2.50 bits per heavy atom. The summed E-state index contributed by atoms with van der Waals surface area (Å²) in [5, 5.41) is 2.74. The van der Waals surface area contributed by atoms with Crippen LogP contribution in [0, 0.1) is 0 Å². The Morgan fingerprint density at radius 2 is 1.82 bits per heavy atom. The Bertz CT molecular complexity index is 1230. The number of amides is 2. The number of carbonyl (C=O) groups is 3. The number of anilines is 1. The van der Waals surface area contributed by atoms with Gasteiger partial charge in [-0.05, 0) is 55.8 Å². The van der Waals surface area contributed by atoms with Crippen LogP contribution in [0.5, 0.6) is 5.75 Å². The summed E-state index contributed by atoms with van der Waals surface area (Å²) < 4.78 is 13.2. The number of thiazole rings is 1. The van der Waals surface area contributed by atoms with Crippen LogP contribution < -0.4 is 14.9 Å². The molecule has 1 aromatic heterocycles. The van der Waals surface area contributed by atoms with E-state index in [0.29, 0.717) is 28.4 Å². The minimum atomic E-state index is -0.427. The van der Waals surface area contributed by atoms with Crippen LogP contribution in [0.4, 0.5) is 5.69 Å². The second-order valence-electron chi connectivity index (χ2n) is 7.64. The van der Waals surface area contributed by atoms with Crippen molar-refractivity contribution in [2.75, 3.05) is 18.5 Å². The van der Waals surface area contributed by atoms with Crippen molar-refractivity contribution in [1.82, 2.24) is 4.57 Å². The molecule has 0 radical (unpaired) electrons. The standard InChI is InChI=1S/C25H29N3O5S/c1-4-6-7-14-33-20-11-8-18(9-12-20)24(31)27-25-28(16-23(30)32-5-2)21-13-10-19(26-17(3)29)15-22(21)34-25/h8-13,15H,4-7,14,16H2,1-3H3,(H,26,29). The quantitative estimate of drug-likeness (QED) is 0.337. The molecular formula is C25H29N3O5S. The van der Waals surface area contributed by atoms with E-state index in [9.17, 15) is 14.4 Å². The molecule has 2 amide bonds. The fourth-order valence-electron chi connectivity index (χ4n) is 3.32. The molecule has 0 unspecified atom stereocenters. The Labute approximate surface area is 202 Å². The number of carbonyl (C=O) groups excluding carboxylic acids is 3. The molecule has 0 fully saturated rings. The van der Waals surface area contributed by atoms with Gasteiger partial charge in [0.2, 0.25) is 5.91 Å². The van der Waals surface area contributed by atoms with E-state index in [0.717, 1.165) is 29.5 Å². The number of nitrogens with one attached hydrogen (secondary N) is 1. The van der Waals surface area contributed by atoms with Gasteiger partial charge in [-0.15, -0.1) is 0 Å². The monoisotopic (exact) mass is 483 g/mol. The molecule has 0 spiro atoms. The molecule has 8 nitrogen and oxygen atoms in total. The van der Waals surface area contributed by atoms with Crippen LogP contribution in [-0.4, -0.2) is 35.6 Å². The number of hydrogen-bond acceptors (Lipinski definition) is 6. The first-order valence-corrected chi connectivity index (χ1v) is 12.1. The smallest absolute Gasteiger partial charge is 0.326 e. The second-order valence-corrected chi connectivity index (χ2v) is 8.65. The van der Waals surface area contributed by atoms with Gasteiger partial charge in [0.25, 0.3) is 5.91 Å². The number of rotatable bonds is 10. The second kappa shape index (κ2) is 12.1. The van der Waals surface area contributed by atoms with Crippen molar-refractivity contribution in [1.29, 1.82) is 0 Å². The van der Waals surface area contributed by atoms with Crippen LogP contribution in [-0.2, 0) is 20.9 Å². The SMILES string of the molecule is CCCCCOc1ccc(C(=O)N=c2sc3cc(NC(C)=O)ccc3n2CC(=O)OCC)cc1. The van der Waals surface area contributed by atoms with Crippen LogP contribution in [0.1, 0.15) is 50.4 Å². The van der Waals surface area contributed by atoms with Crippen molar-refractivity contribution in [3.8, 4) is 5.75 Å². The predicted molar refractivity (Wildman–Crippen MR) is 132 cm³/mol. The molecular weight excluding hydrogens is 454 g/mol. The molecule has 1 heterocycles. The first kappa shape index (κ1) is 25.2. The molecule has 0 aliphatic heterocycles. The molecule has 9 heteroatoms. The highest BCUT2D eigenvalue weighted by Gasteiger charge is 2.14. The summed E-state index contributed by atoms with van der Waals surface area (Å²) in [4.78, 5) is 41.2. The van der Waals surface area contributed by atoms with Crippen LogP contribution in [0.3, 0.4) is 0 Å². The van der Waals surface area contributed by atoms with Gasteiger partial charge >= 0.3 is 5.97 Å². The third kappa shape index (κ3) is 6.77. The van der Waals surface area contributed by atoms with Crippen LogP contribution in [0.15, 0.2) is 47.5 Å². The summed E-state index contributed by atoms with van der Waals surface area (Å²) in [7, 11) is 0. The van der Waals surface area contributed by atoms with Crippen LogP contribution >= 0.6 is 11.3 Å². The van der Waals surface area contributed by atoms with Crippen LogP contribution in [0.25, 0.3) is 10.2 Å². The lowest BCUT2D eigenvalue weighted by Gasteiger charge is -2.06. The molecule has 0 bridgehead atoms. The summed E-state index contributed by atoms with van der Waals surface area (Å²) in [5.41, 5.74) is 1.76. The lowest BCUT2D eigenvalue weighted by Crippen LogP contribution is -2.23. The molecule has 0 atom stereocenters. The highest BCUT2D eigenvalue weighted by atomic mass is 32.1. The predicted octanol–water partition coefficient (Wildman–Crippen LogP) is 4.53. The van der Waals surface area contributed by atoms with Gasteiger partial charge in [0.1, 0.15) is 12.3 Å². The lowest BCUT2D eigenvalue weighted by atomic mass is 10.2. The number of fused-ring (bicyclic) bond motifs is 1. The molecule has 0 saturated heterocycles. The van der Waals surface area contributed by atoms with E-state index in [-0.39, 0.29) is 19.1 Å². The average molecular weight is 484 g/mol. The minimum Gasteiger partial charge on any atom is -0.494 e. The molecule has 3 rings (SSSR count). The fourth-order valence-corrected chi connectivity index (χ4v) is 4.38. The number of benzene rings is 2. The van der Waals surface area contributed by atoms with Crippen molar-refractivity contribution >= 4 is 45.0 Å². The Balaban J connectivity index is 1.90. The van der Waals surface area contributed by atoms with Crippen molar-refractivity contribution in [2.24, 2.45) is 4.99 Å². The largest absolute Gasteiger partial charge is 0.494 e. The van der Waals surface area contributed by atoms with Crippen LogP contribution in [0.2, 0.25) is 0 Å². The number of unbranched alkanes of at least 4 members (excludes halogenated alkanes) is 2. The highest BCUT2D eigenvalue weighted by molar-refractivity contribution is 7.16. The zero-order chi connectivity index (χ0) is 24.5. The molecule has 3 aromatic rings. The summed E-state index contributed by atoms with van der Waals surface area (Å²) in [6.07, 6.45) is 3.23. The van der Waals surface area contributed by atoms with Crippen molar-refractivity contribution in [2.45, 2.75) is 46.6 Å². The Morgan fingerprint density at radius 1 is 1.06 bits per heavy atom. The lowest BCUT2D eigenvalue weighted by molar-refractivity contribution is -0.143.